The van der Waals surface area contributed by atoms with Gasteiger partial charge in [0, 0.05) is 24.1 Å². The Morgan fingerprint density at radius 1 is 1.45 bits per heavy atom. The van der Waals surface area contributed by atoms with Gasteiger partial charge in [-0.05, 0) is 18.4 Å². The smallest absolute Gasteiger partial charge is 0.310 e. The van der Waals surface area contributed by atoms with Gasteiger partial charge in [0.05, 0.1) is 10.8 Å². The van der Waals surface area contributed by atoms with Crippen LogP contribution in [0.15, 0.2) is 23.1 Å². The minimum Gasteiger partial charge on any atom is -0.481 e. The Balaban J connectivity index is 2.25. The number of benzene rings is 1. The summed E-state index contributed by atoms with van der Waals surface area (Å²) in [6.07, 6.45) is 1.81. The molecule has 0 atom stereocenters. The van der Waals surface area contributed by atoms with Gasteiger partial charge in [-0.3, -0.25) is 19.7 Å². The number of carboxylic acids is 1. The van der Waals surface area contributed by atoms with Gasteiger partial charge in [0.1, 0.15) is 5.56 Å². The number of rotatable bonds is 4. The first-order valence-electron chi connectivity index (χ1n) is 5.78. The third-order valence-corrected chi connectivity index (χ3v) is 3.87. The van der Waals surface area contributed by atoms with Crippen LogP contribution in [0.4, 0.5) is 5.69 Å². The minimum atomic E-state index is -0.957. The maximum atomic E-state index is 12.2. The number of hydrogen-bond donors (Lipinski definition) is 1. The molecule has 1 aromatic rings. The Hall–Kier alpha value is -2.09. The fraction of sp³-hybridized carbons (Fsp3) is 0.333. The van der Waals surface area contributed by atoms with Crippen molar-refractivity contribution in [1.82, 2.24) is 4.90 Å². The molecule has 0 radical (unpaired) electrons. The molecule has 1 N–H and O–H groups in total. The molecule has 20 heavy (non-hydrogen) atoms. The molecule has 1 heterocycles. The van der Waals surface area contributed by atoms with Crippen molar-refractivity contribution in [3.05, 3.63) is 33.9 Å². The quantitative estimate of drug-likeness (QED) is 0.513. The number of amides is 1. The molecule has 1 amide bonds. The molecular weight excluding hydrogens is 284 g/mol. The molecule has 1 saturated heterocycles. The summed E-state index contributed by atoms with van der Waals surface area (Å²) in [4.78, 5) is 35.3. The van der Waals surface area contributed by atoms with Crippen molar-refractivity contribution in [2.45, 2.75) is 4.90 Å². The predicted octanol–water partition coefficient (Wildman–Crippen LogP) is 1.47. The summed E-state index contributed by atoms with van der Waals surface area (Å²) < 4.78 is 0. The molecule has 0 aromatic heterocycles. The van der Waals surface area contributed by atoms with Crippen LogP contribution in [0.25, 0.3) is 0 Å². The molecule has 8 heteroatoms. The maximum absolute atomic E-state index is 12.2. The highest BCUT2D eigenvalue weighted by molar-refractivity contribution is 7.98. The number of aliphatic carboxylic acids is 1. The fourth-order valence-corrected chi connectivity index (χ4v) is 2.38. The van der Waals surface area contributed by atoms with Crippen LogP contribution in [0.5, 0.6) is 0 Å². The SMILES string of the molecule is CSc1ccc([N+](=O)[O-])c(C(=O)N2CC(C(=O)O)C2)c1. The predicted molar refractivity (Wildman–Crippen MR) is 71.9 cm³/mol. The van der Waals surface area contributed by atoms with Gasteiger partial charge >= 0.3 is 5.97 Å². The maximum Gasteiger partial charge on any atom is 0.310 e. The molecule has 1 aliphatic rings. The van der Waals surface area contributed by atoms with Crippen LogP contribution in [0, 0.1) is 16.0 Å². The van der Waals surface area contributed by atoms with E-state index < -0.39 is 22.7 Å². The summed E-state index contributed by atoms with van der Waals surface area (Å²) >= 11 is 1.38. The fourth-order valence-electron chi connectivity index (χ4n) is 1.94. The topological polar surface area (TPSA) is 101 Å². The van der Waals surface area contributed by atoms with Crippen molar-refractivity contribution in [3.63, 3.8) is 0 Å². The van der Waals surface area contributed by atoms with Crippen molar-refractivity contribution >= 4 is 29.3 Å². The molecule has 0 saturated carbocycles. The molecule has 1 aromatic carbocycles. The molecule has 0 aliphatic carbocycles. The normalized spacial score (nSPS) is 14.8. The van der Waals surface area contributed by atoms with Crippen molar-refractivity contribution in [3.8, 4) is 0 Å². The van der Waals surface area contributed by atoms with Crippen LogP contribution in [0.2, 0.25) is 0 Å². The summed E-state index contributed by atoms with van der Waals surface area (Å²) in [6.45, 7) is 0.184. The lowest BCUT2D eigenvalue weighted by molar-refractivity contribution is -0.385. The van der Waals surface area contributed by atoms with Crippen LogP contribution < -0.4 is 0 Å². The van der Waals surface area contributed by atoms with Gasteiger partial charge in [0.15, 0.2) is 0 Å². The Morgan fingerprint density at radius 2 is 2.10 bits per heavy atom. The molecule has 1 aliphatic heterocycles. The minimum absolute atomic E-state index is 0.00527. The number of carbonyl (C=O) groups excluding carboxylic acids is 1. The number of nitro groups is 1. The summed E-state index contributed by atoms with van der Waals surface area (Å²) in [5.74, 6) is -2.03. The van der Waals surface area contributed by atoms with E-state index in [1.165, 1.54) is 28.8 Å². The van der Waals surface area contributed by atoms with E-state index in [0.717, 1.165) is 4.90 Å². The summed E-state index contributed by atoms with van der Waals surface area (Å²) in [7, 11) is 0. The Morgan fingerprint density at radius 3 is 2.60 bits per heavy atom. The molecule has 2 rings (SSSR count). The van der Waals surface area contributed by atoms with Gasteiger partial charge in [0.2, 0.25) is 0 Å². The van der Waals surface area contributed by atoms with E-state index in [2.05, 4.69) is 0 Å². The number of likely N-dealkylation sites (tertiary alicyclic amines) is 1. The summed E-state index contributed by atoms with van der Waals surface area (Å²) in [5, 5.41) is 19.7. The van der Waals surface area contributed by atoms with Crippen LogP contribution in [0.3, 0.4) is 0 Å². The molecule has 0 unspecified atom stereocenters. The second-order valence-electron chi connectivity index (χ2n) is 4.39. The lowest BCUT2D eigenvalue weighted by Crippen LogP contribution is -2.53. The molecule has 0 spiro atoms. The molecular formula is C12H12N2O5S. The van der Waals surface area contributed by atoms with Crippen molar-refractivity contribution in [1.29, 1.82) is 0 Å². The number of hydrogen-bond acceptors (Lipinski definition) is 5. The number of carbonyl (C=O) groups is 2. The van der Waals surface area contributed by atoms with Crippen molar-refractivity contribution in [2.24, 2.45) is 5.92 Å². The standard InChI is InChI=1S/C12H12N2O5S/c1-20-8-2-3-10(14(18)19)9(4-8)11(15)13-5-7(6-13)12(16)17/h2-4,7H,5-6H2,1H3,(H,16,17). The Bertz CT molecular complexity index is 583. The Kier molecular flexibility index (Phi) is 3.93. The van der Waals surface area contributed by atoms with Crippen molar-refractivity contribution < 1.29 is 19.6 Å². The Labute approximate surface area is 118 Å². The highest BCUT2D eigenvalue weighted by atomic mass is 32.2. The second kappa shape index (κ2) is 5.49. The van der Waals surface area contributed by atoms with Crippen LogP contribution in [0.1, 0.15) is 10.4 Å². The average Bonchev–Trinajstić information content (AvgIpc) is 2.35. The molecule has 106 valence electrons. The van der Waals surface area contributed by atoms with Gasteiger partial charge in [-0.15, -0.1) is 11.8 Å². The molecule has 0 bridgehead atoms. The van der Waals surface area contributed by atoms with E-state index >= 15 is 0 Å². The largest absolute Gasteiger partial charge is 0.481 e. The van der Waals surface area contributed by atoms with E-state index in [1.54, 1.807) is 12.3 Å². The summed E-state index contributed by atoms with van der Waals surface area (Å²) in [6, 6.07) is 4.35. The van der Waals surface area contributed by atoms with E-state index in [0.29, 0.717) is 0 Å². The van der Waals surface area contributed by atoms with Gasteiger partial charge in [0.25, 0.3) is 11.6 Å². The van der Waals surface area contributed by atoms with Gasteiger partial charge in [-0.2, -0.15) is 0 Å². The van der Waals surface area contributed by atoms with Crippen molar-refractivity contribution in [2.75, 3.05) is 19.3 Å². The number of carboxylic acid groups (broad SMARTS) is 1. The molecule has 7 nitrogen and oxygen atoms in total. The number of nitro benzene ring substituents is 1. The van der Waals surface area contributed by atoms with E-state index in [-0.39, 0.29) is 24.3 Å². The lowest BCUT2D eigenvalue weighted by atomic mass is 9.99. The van der Waals surface area contributed by atoms with Gasteiger partial charge in [-0.25, -0.2) is 0 Å². The zero-order valence-electron chi connectivity index (χ0n) is 10.6. The zero-order chi connectivity index (χ0) is 14.9. The highest BCUT2D eigenvalue weighted by Crippen LogP contribution is 2.28. The third-order valence-electron chi connectivity index (χ3n) is 3.15. The van der Waals surface area contributed by atoms with Crippen LogP contribution in [-0.4, -0.2) is 46.2 Å². The molecule has 1 fully saturated rings. The van der Waals surface area contributed by atoms with Crippen LogP contribution in [-0.2, 0) is 4.79 Å². The second-order valence-corrected chi connectivity index (χ2v) is 5.27. The zero-order valence-corrected chi connectivity index (χ0v) is 11.4. The summed E-state index contributed by atoms with van der Waals surface area (Å²) in [5.41, 5.74) is -0.253. The highest BCUT2D eigenvalue weighted by Gasteiger charge is 2.37. The van der Waals surface area contributed by atoms with Gasteiger partial charge < -0.3 is 10.0 Å². The van der Waals surface area contributed by atoms with Gasteiger partial charge in [-0.1, -0.05) is 0 Å². The third kappa shape index (κ3) is 2.60. The van der Waals surface area contributed by atoms with E-state index in [4.69, 9.17) is 5.11 Å². The van der Waals surface area contributed by atoms with Crippen LogP contribution >= 0.6 is 11.8 Å². The number of thioether (sulfide) groups is 1. The first kappa shape index (κ1) is 14.3. The van der Waals surface area contributed by atoms with E-state index in [9.17, 15) is 19.7 Å². The number of nitrogens with zero attached hydrogens (tertiary/aromatic N) is 2. The first-order valence-corrected chi connectivity index (χ1v) is 7.01. The monoisotopic (exact) mass is 296 g/mol. The van der Waals surface area contributed by atoms with E-state index in [1.807, 2.05) is 0 Å². The lowest BCUT2D eigenvalue weighted by Gasteiger charge is -2.36. The first-order chi connectivity index (χ1) is 9.43. The average molecular weight is 296 g/mol.